The summed E-state index contributed by atoms with van der Waals surface area (Å²) in [6, 6.07) is 0. The normalized spacial score (nSPS) is 12.0. The first kappa shape index (κ1) is 24.4. The lowest BCUT2D eigenvalue weighted by molar-refractivity contribution is -0.140. The average Bonchev–Trinajstić information content (AvgIpc) is 3.00. The lowest BCUT2D eigenvalue weighted by Gasteiger charge is -2.10. The summed E-state index contributed by atoms with van der Waals surface area (Å²) < 4.78 is 42.9. The Labute approximate surface area is 167 Å². The van der Waals surface area contributed by atoms with Crippen molar-refractivity contribution in [2.45, 2.75) is 39.3 Å². The predicted octanol–water partition coefficient (Wildman–Crippen LogP) is 3.69. The quantitative estimate of drug-likeness (QED) is 0.226. The van der Waals surface area contributed by atoms with Crippen molar-refractivity contribution in [2.24, 2.45) is 4.99 Å². The first-order chi connectivity index (χ1) is 11.5. The molecule has 1 rings (SSSR count). The maximum absolute atomic E-state index is 12.5. The number of hydrogen-bond acceptors (Lipinski definition) is 4. The Morgan fingerprint density at radius 3 is 2.64 bits per heavy atom. The number of ether oxygens (including phenoxy) is 1. The molecule has 10 heteroatoms. The zero-order chi connectivity index (χ0) is 17.8. The molecule has 2 N–H and O–H groups in total. The van der Waals surface area contributed by atoms with Crippen LogP contribution in [0.1, 0.15) is 37.4 Å². The second-order valence-electron chi connectivity index (χ2n) is 5.03. The van der Waals surface area contributed by atoms with Gasteiger partial charge in [-0.25, -0.2) is 4.98 Å². The van der Waals surface area contributed by atoms with Gasteiger partial charge in [-0.15, -0.1) is 35.3 Å². The molecule has 0 fully saturated rings. The van der Waals surface area contributed by atoms with E-state index < -0.39 is 11.9 Å². The van der Waals surface area contributed by atoms with E-state index in [1.165, 1.54) is 0 Å². The number of nitrogens with zero attached hydrogens (tertiary/aromatic N) is 2. The van der Waals surface area contributed by atoms with Gasteiger partial charge >= 0.3 is 6.18 Å². The standard InChI is InChI=1S/C15H25F3N4OS.HI/c1-3-5-9-23-10-8-21-14(19-4-2)20-7-6-13-22-12(11-24-13)15(16,17)18;/h11H,3-10H2,1-2H3,(H2,19,20,21);1H. The van der Waals surface area contributed by atoms with Crippen LogP contribution in [0.25, 0.3) is 0 Å². The second kappa shape index (κ2) is 13.6. The maximum atomic E-state index is 12.5. The van der Waals surface area contributed by atoms with Crippen LogP contribution in [0.3, 0.4) is 0 Å². The molecule has 0 aliphatic rings. The Kier molecular flexibility index (Phi) is 13.2. The third-order valence-corrected chi connectivity index (χ3v) is 3.87. The number of nitrogens with one attached hydrogen (secondary N) is 2. The maximum Gasteiger partial charge on any atom is 0.434 e. The van der Waals surface area contributed by atoms with Gasteiger partial charge in [0, 0.05) is 31.5 Å². The fourth-order valence-electron chi connectivity index (χ4n) is 1.76. The van der Waals surface area contributed by atoms with E-state index >= 15 is 0 Å². The van der Waals surface area contributed by atoms with Crippen molar-refractivity contribution in [1.82, 2.24) is 15.6 Å². The van der Waals surface area contributed by atoms with Crippen LogP contribution in [0.5, 0.6) is 0 Å². The molecule has 0 saturated heterocycles. The van der Waals surface area contributed by atoms with Crippen LogP contribution >= 0.6 is 35.3 Å². The van der Waals surface area contributed by atoms with E-state index in [2.05, 4.69) is 27.5 Å². The Morgan fingerprint density at radius 2 is 2.04 bits per heavy atom. The van der Waals surface area contributed by atoms with Crippen molar-refractivity contribution >= 4 is 41.3 Å². The zero-order valence-corrected chi connectivity index (χ0v) is 17.6. The van der Waals surface area contributed by atoms with Gasteiger partial charge in [0.05, 0.1) is 18.2 Å². The Bertz CT molecular complexity index is 497. The van der Waals surface area contributed by atoms with Gasteiger partial charge in [-0.3, -0.25) is 4.99 Å². The summed E-state index contributed by atoms with van der Waals surface area (Å²) in [5, 5.41) is 7.67. The van der Waals surface area contributed by atoms with Crippen molar-refractivity contribution < 1.29 is 17.9 Å². The largest absolute Gasteiger partial charge is 0.434 e. The lowest BCUT2D eigenvalue weighted by atomic mass is 10.4. The van der Waals surface area contributed by atoms with Crippen molar-refractivity contribution in [3.63, 3.8) is 0 Å². The Balaban J connectivity index is 0.00000576. The number of thiazole rings is 1. The summed E-state index contributed by atoms with van der Waals surface area (Å²) in [6.07, 6.45) is -1.83. The van der Waals surface area contributed by atoms with Crippen LogP contribution in [0, 0.1) is 0 Å². The van der Waals surface area contributed by atoms with Crippen LogP contribution in [-0.2, 0) is 17.3 Å². The number of hydrogen-bond donors (Lipinski definition) is 2. The molecule has 0 bridgehead atoms. The minimum Gasteiger partial charge on any atom is -0.380 e. The molecule has 0 radical (unpaired) electrons. The molecule has 5 nitrogen and oxygen atoms in total. The van der Waals surface area contributed by atoms with Crippen LogP contribution in [0.15, 0.2) is 10.4 Å². The second-order valence-corrected chi connectivity index (χ2v) is 5.97. The average molecular weight is 494 g/mol. The van der Waals surface area contributed by atoms with Crippen LogP contribution < -0.4 is 10.6 Å². The molecule has 1 aromatic heterocycles. The topological polar surface area (TPSA) is 58.5 Å². The molecular weight excluding hydrogens is 468 g/mol. The molecule has 0 aromatic carbocycles. The molecule has 0 aliphatic carbocycles. The lowest BCUT2D eigenvalue weighted by Crippen LogP contribution is -2.38. The number of guanidine groups is 1. The zero-order valence-electron chi connectivity index (χ0n) is 14.5. The molecule has 1 aromatic rings. The highest BCUT2D eigenvalue weighted by molar-refractivity contribution is 14.0. The minimum absolute atomic E-state index is 0. The van der Waals surface area contributed by atoms with Gasteiger partial charge in [-0.2, -0.15) is 13.2 Å². The van der Waals surface area contributed by atoms with Crippen LogP contribution in [-0.4, -0.2) is 43.8 Å². The Hall–Kier alpha value is -0.620. The van der Waals surface area contributed by atoms with E-state index in [-0.39, 0.29) is 24.0 Å². The highest BCUT2D eigenvalue weighted by Gasteiger charge is 2.33. The number of alkyl halides is 3. The fraction of sp³-hybridized carbons (Fsp3) is 0.733. The number of aliphatic imine (C=N–C) groups is 1. The van der Waals surface area contributed by atoms with Gasteiger partial charge in [-0.05, 0) is 13.3 Å². The van der Waals surface area contributed by atoms with Gasteiger partial charge in [-0.1, -0.05) is 13.3 Å². The summed E-state index contributed by atoms with van der Waals surface area (Å²) in [4.78, 5) is 7.96. The van der Waals surface area contributed by atoms with Gasteiger partial charge in [0.2, 0.25) is 0 Å². The van der Waals surface area contributed by atoms with Crippen molar-refractivity contribution in [2.75, 3.05) is 32.8 Å². The number of rotatable bonds is 10. The van der Waals surface area contributed by atoms with E-state index in [1.54, 1.807) is 0 Å². The van der Waals surface area contributed by atoms with Crippen LogP contribution in [0.4, 0.5) is 13.2 Å². The first-order valence-electron chi connectivity index (χ1n) is 8.08. The van der Waals surface area contributed by atoms with Crippen LogP contribution in [0.2, 0.25) is 0 Å². The van der Waals surface area contributed by atoms with Gasteiger partial charge in [0.15, 0.2) is 11.7 Å². The summed E-state index contributed by atoms with van der Waals surface area (Å²) >= 11 is 1.02. The predicted molar refractivity (Wildman–Crippen MR) is 106 cm³/mol. The van der Waals surface area contributed by atoms with E-state index in [0.29, 0.717) is 43.6 Å². The molecule has 25 heavy (non-hydrogen) atoms. The summed E-state index contributed by atoms with van der Waals surface area (Å²) in [6.45, 7) is 7.06. The van der Waals surface area contributed by atoms with E-state index in [4.69, 9.17) is 4.74 Å². The van der Waals surface area contributed by atoms with Crippen molar-refractivity contribution in [3.8, 4) is 0 Å². The smallest absolute Gasteiger partial charge is 0.380 e. The summed E-state index contributed by atoms with van der Waals surface area (Å²) in [5.41, 5.74) is -0.827. The van der Waals surface area contributed by atoms with Gasteiger partial charge in [0.1, 0.15) is 0 Å². The summed E-state index contributed by atoms with van der Waals surface area (Å²) in [5.74, 6) is 0.629. The van der Waals surface area contributed by atoms with Crippen molar-refractivity contribution in [3.05, 3.63) is 16.1 Å². The van der Waals surface area contributed by atoms with E-state index in [0.717, 1.165) is 36.2 Å². The monoisotopic (exact) mass is 494 g/mol. The van der Waals surface area contributed by atoms with E-state index in [1.807, 2.05) is 6.92 Å². The van der Waals surface area contributed by atoms with Gasteiger partial charge in [0.25, 0.3) is 0 Å². The first-order valence-corrected chi connectivity index (χ1v) is 8.96. The van der Waals surface area contributed by atoms with Crippen molar-refractivity contribution in [1.29, 1.82) is 0 Å². The molecule has 0 amide bonds. The van der Waals surface area contributed by atoms with Gasteiger partial charge < -0.3 is 15.4 Å². The molecule has 1 heterocycles. The SMILES string of the molecule is CCCCOCCN=C(NCC)NCCc1nc(C(F)(F)F)cs1.I. The summed E-state index contributed by atoms with van der Waals surface area (Å²) in [7, 11) is 0. The van der Waals surface area contributed by atoms with E-state index in [9.17, 15) is 13.2 Å². The molecule has 0 saturated carbocycles. The highest BCUT2D eigenvalue weighted by atomic mass is 127. The third-order valence-electron chi connectivity index (χ3n) is 2.97. The third kappa shape index (κ3) is 10.9. The molecule has 0 aliphatic heterocycles. The molecule has 0 atom stereocenters. The molecule has 0 unspecified atom stereocenters. The minimum atomic E-state index is -4.38. The number of aromatic nitrogens is 1. The molecule has 146 valence electrons. The highest BCUT2D eigenvalue weighted by Crippen LogP contribution is 2.29. The fourth-order valence-corrected chi connectivity index (χ4v) is 2.56. The Morgan fingerprint density at radius 1 is 1.28 bits per heavy atom. The number of halogens is 4. The molecule has 0 spiro atoms. The number of unbranched alkanes of at least 4 members (excludes halogenated alkanes) is 1. The molecular formula is C15H26F3IN4OS.